The van der Waals surface area contributed by atoms with Crippen LogP contribution in [0.4, 0.5) is 9.59 Å². The summed E-state index contributed by atoms with van der Waals surface area (Å²) in [5.74, 6) is 1.06. The predicted molar refractivity (Wildman–Crippen MR) is 155 cm³/mol. The molecule has 0 aromatic heterocycles. The zero-order valence-electron chi connectivity index (χ0n) is 22.4. The second-order valence-electron chi connectivity index (χ2n) is 9.85. The van der Waals surface area contributed by atoms with Crippen LogP contribution in [0.2, 0.25) is 5.02 Å². The summed E-state index contributed by atoms with van der Waals surface area (Å²) in [7, 11) is 0. The first kappa shape index (κ1) is 28.9. The first-order chi connectivity index (χ1) is 19.8. The van der Waals surface area contributed by atoms with Crippen LogP contribution >= 0.6 is 23.2 Å². The lowest BCUT2D eigenvalue weighted by Gasteiger charge is -2.37. The van der Waals surface area contributed by atoms with Crippen LogP contribution in [0.1, 0.15) is 24.9 Å². The van der Waals surface area contributed by atoms with E-state index < -0.39 is 24.3 Å². The number of ether oxygens (including phenoxy) is 3. The van der Waals surface area contributed by atoms with Gasteiger partial charge in [0, 0.05) is 28.2 Å². The van der Waals surface area contributed by atoms with Gasteiger partial charge in [0.2, 0.25) is 0 Å². The van der Waals surface area contributed by atoms with Crippen molar-refractivity contribution in [3.05, 3.63) is 93.6 Å². The number of aliphatic hydroxyl groups is 1. The summed E-state index contributed by atoms with van der Waals surface area (Å²) >= 11 is 12.3. The van der Waals surface area contributed by atoms with E-state index in [2.05, 4.69) is 22.8 Å². The quantitative estimate of drug-likeness (QED) is 0.377. The number of allylic oxidation sites excluding steroid dienone is 2. The Morgan fingerprint density at radius 2 is 1.85 bits per heavy atom. The van der Waals surface area contributed by atoms with Gasteiger partial charge < -0.3 is 30.0 Å². The smallest absolute Gasteiger partial charge is 0.416 e. The van der Waals surface area contributed by atoms with Crippen molar-refractivity contribution in [2.24, 2.45) is 5.92 Å². The summed E-state index contributed by atoms with van der Waals surface area (Å²) in [4.78, 5) is 26.6. The molecule has 0 fully saturated rings. The van der Waals surface area contributed by atoms with Gasteiger partial charge >= 0.3 is 12.2 Å². The predicted octanol–water partition coefficient (Wildman–Crippen LogP) is 5.31. The summed E-state index contributed by atoms with van der Waals surface area (Å²) in [6.07, 6.45) is 4.70. The van der Waals surface area contributed by atoms with Gasteiger partial charge in [0.05, 0.1) is 19.2 Å². The first-order valence-corrected chi connectivity index (χ1v) is 14.2. The summed E-state index contributed by atoms with van der Waals surface area (Å²) in [5, 5.41) is 17.5. The van der Waals surface area contributed by atoms with Gasteiger partial charge in [-0.05, 0) is 67.0 Å². The Morgan fingerprint density at radius 3 is 2.59 bits per heavy atom. The minimum absolute atomic E-state index is 0.00151. The van der Waals surface area contributed by atoms with Gasteiger partial charge in [0.25, 0.3) is 0 Å². The number of rotatable bonds is 8. The van der Waals surface area contributed by atoms with Gasteiger partial charge in [-0.3, -0.25) is 4.90 Å². The van der Waals surface area contributed by atoms with E-state index in [-0.39, 0.29) is 31.7 Å². The lowest BCUT2D eigenvalue weighted by atomic mass is 9.85. The van der Waals surface area contributed by atoms with Crippen molar-refractivity contribution in [3.8, 4) is 11.5 Å². The molecule has 0 radical (unpaired) electrons. The van der Waals surface area contributed by atoms with Crippen molar-refractivity contribution >= 4 is 35.4 Å². The van der Waals surface area contributed by atoms with Crippen LogP contribution in [0.3, 0.4) is 0 Å². The molecule has 0 saturated carbocycles. The Hall–Kier alpha value is -3.66. The van der Waals surface area contributed by atoms with Crippen molar-refractivity contribution in [2.75, 3.05) is 26.3 Å². The van der Waals surface area contributed by atoms with E-state index in [0.717, 1.165) is 11.3 Å². The highest BCUT2D eigenvalue weighted by atomic mass is 35.5. The average molecular weight is 600 g/mol. The molecule has 2 aromatic rings. The van der Waals surface area contributed by atoms with Crippen molar-refractivity contribution in [2.45, 2.75) is 31.5 Å². The molecule has 4 atom stereocenters. The van der Waals surface area contributed by atoms with Crippen molar-refractivity contribution in [1.82, 2.24) is 15.5 Å². The lowest BCUT2D eigenvalue weighted by Crippen LogP contribution is -2.43. The SMILES string of the molecule is CCOC(=O)NCC(O)COc1ccc(C2C3=C(CCN2C(=O)Oc2ccc(Cl)cc2)C2C=C(Cl)C=CC2N3)cc1. The number of nitrogens with one attached hydrogen (secondary N) is 2. The fourth-order valence-corrected chi connectivity index (χ4v) is 5.56. The molecular weight excluding hydrogens is 569 g/mol. The maximum absolute atomic E-state index is 13.5. The highest BCUT2D eigenvalue weighted by Gasteiger charge is 2.43. The molecule has 1 aliphatic carbocycles. The Labute approximate surface area is 248 Å². The molecule has 3 N–H and O–H groups in total. The van der Waals surface area contributed by atoms with Gasteiger partial charge in [0.1, 0.15) is 30.3 Å². The van der Waals surface area contributed by atoms with Crippen LogP contribution in [0.15, 0.2) is 83.1 Å². The Balaban J connectivity index is 1.33. The lowest BCUT2D eigenvalue weighted by molar-refractivity contribution is 0.0991. The van der Waals surface area contributed by atoms with Gasteiger partial charge in [-0.1, -0.05) is 47.5 Å². The molecule has 5 rings (SSSR count). The molecule has 216 valence electrons. The highest BCUT2D eigenvalue weighted by Crippen LogP contribution is 2.45. The highest BCUT2D eigenvalue weighted by molar-refractivity contribution is 6.31. The van der Waals surface area contributed by atoms with E-state index in [1.54, 1.807) is 48.2 Å². The van der Waals surface area contributed by atoms with E-state index in [1.807, 2.05) is 18.2 Å². The fraction of sp³-hybridized carbons (Fsp3) is 0.333. The van der Waals surface area contributed by atoms with Gasteiger partial charge in [-0.2, -0.15) is 0 Å². The zero-order valence-corrected chi connectivity index (χ0v) is 23.9. The third-order valence-corrected chi connectivity index (χ3v) is 7.62. The van der Waals surface area contributed by atoms with E-state index in [1.165, 1.54) is 5.57 Å². The van der Waals surface area contributed by atoms with Crippen LogP contribution in [-0.4, -0.2) is 60.6 Å². The maximum Gasteiger partial charge on any atom is 0.416 e. The van der Waals surface area contributed by atoms with E-state index in [0.29, 0.717) is 34.5 Å². The van der Waals surface area contributed by atoms with Gasteiger partial charge in [-0.25, -0.2) is 9.59 Å². The molecule has 0 saturated heterocycles. The van der Waals surface area contributed by atoms with Crippen LogP contribution in [0.5, 0.6) is 11.5 Å². The molecule has 2 aromatic carbocycles. The molecule has 0 bridgehead atoms. The maximum atomic E-state index is 13.5. The zero-order chi connectivity index (χ0) is 28.9. The molecule has 0 spiro atoms. The normalized spacial score (nSPS) is 21.7. The minimum Gasteiger partial charge on any atom is -0.491 e. The molecule has 11 heteroatoms. The number of nitrogens with zero attached hydrogens (tertiary/aromatic N) is 1. The van der Waals surface area contributed by atoms with Crippen molar-refractivity contribution < 1.29 is 28.9 Å². The van der Waals surface area contributed by atoms with Crippen LogP contribution < -0.4 is 20.1 Å². The van der Waals surface area contributed by atoms with Gasteiger partial charge in [-0.15, -0.1) is 0 Å². The second kappa shape index (κ2) is 12.9. The second-order valence-corrected chi connectivity index (χ2v) is 10.7. The number of benzene rings is 2. The summed E-state index contributed by atoms with van der Waals surface area (Å²) < 4.78 is 16.2. The summed E-state index contributed by atoms with van der Waals surface area (Å²) in [6.45, 7) is 2.40. The monoisotopic (exact) mass is 599 g/mol. The summed E-state index contributed by atoms with van der Waals surface area (Å²) in [5.41, 5.74) is 3.05. The number of hydrogen-bond donors (Lipinski definition) is 3. The van der Waals surface area contributed by atoms with E-state index >= 15 is 0 Å². The third kappa shape index (κ3) is 6.81. The Morgan fingerprint density at radius 1 is 1.12 bits per heavy atom. The minimum atomic E-state index is -0.915. The van der Waals surface area contributed by atoms with Crippen molar-refractivity contribution in [3.63, 3.8) is 0 Å². The number of aliphatic hydroxyl groups excluding tert-OH is 1. The number of amides is 2. The topological polar surface area (TPSA) is 109 Å². The van der Waals surface area contributed by atoms with Gasteiger partial charge in [0.15, 0.2) is 0 Å². The molecule has 9 nitrogen and oxygen atoms in total. The number of carbonyl (C=O) groups excluding carboxylic acids is 2. The first-order valence-electron chi connectivity index (χ1n) is 13.4. The largest absolute Gasteiger partial charge is 0.491 e. The standard InChI is InChI=1S/C30H31Cl2N3O6/c1-2-39-29(37)33-16-21(36)17-40-22-8-3-18(4-9-22)28-27-24(25-15-20(32)7-12-26(25)34-27)13-14-35(28)30(38)41-23-10-5-19(31)6-11-23/h3-12,15,21,25-26,28,34,36H,2,13-14,16-17H2,1H3,(H,33,37). The van der Waals surface area contributed by atoms with Crippen LogP contribution in [0.25, 0.3) is 0 Å². The number of alkyl carbamates (subject to hydrolysis) is 1. The number of fused-ring (bicyclic) bond motifs is 2. The average Bonchev–Trinajstić information content (AvgIpc) is 3.34. The third-order valence-electron chi connectivity index (χ3n) is 7.12. The number of hydrogen-bond acceptors (Lipinski definition) is 7. The fourth-order valence-electron chi connectivity index (χ4n) is 5.22. The molecule has 2 aliphatic heterocycles. The Bertz CT molecular complexity index is 1360. The molecule has 4 unspecified atom stereocenters. The number of carbonyl (C=O) groups is 2. The molecule has 3 aliphatic rings. The molecule has 2 amide bonds. The number of halogens is 2. The summed E-state index contributed by atoms with van der Waals surface area (Å²) in [6, 6.07) is 13.7. The molecule has 41 heavy (non-hydrogen) atoms. The molecule has 2 heterocycles. The van der Waals surface area contributed by atoms with Crippen LogP contribution in [0, 0.1) is 5.92 Å². The van der Waals surface area contributed by atoms with E-state index in [4.69, 9.17) is 37.4 Å². The molecular formula is C30H31Cl2N3O6. The van der Waals surface area contributed by atoms with E-state index in [9.17, 15) is 14.7 Å². The Kier molecular flexibility index (Phi) is 9.07. The van der Waals surface area contributed by atoms with Crippen molar-refractivity contribution in [1.29, 1.82) is 0 Å². The van der Waals surface area contributed by atoms with Crippen LogP contribution in [-0.2, 0) is 4.74 Å².